The first-order valence-corrected chi connectivity index (χ1v) is 8.80. The largest absolute Gasteiger partial charge is 0.496 e. The van der Waals surface area contributed by atoms with Crippen LogP contribution in [0.25, 0.3) is 0 Å². The van der Waals surface area contributed by atoms with Crippen molar-refractivity contribution in [1.82, 2.24) is 4.90 Å². The van der Waals surface area contributed by atoms with E-state index in [2.05, 4.69) is 0 Å². The highest BCUT2D eigenvalue weighted by Crippen LogP contribution is 2.24. The Morgan fingerprint density at radius 3 is 2.91 bits per heavy atom. The molecule has 6 heteroatoms. The van der Waals surface area contributed by atoms with Crippen LogP contribution in [0.15, 0.2) is 35.7 Å². The highest BCUT2D eigenvalue weighted by molar-refractivity contribution is 7.99. The van der Waals surface area contributed by atoms with Gasteiger partial charge in [0.05, 0.1) is 19.4 Å². The van der Waals surface area contributed by atoms with E-state index in [0.717, 1.165) is 10.4 Å². The second-order valence-electron chi connectivity index (χ2n) is 4.78. The molecule has 0 aliphatic carbocycles. The summed E-state index contributed by atoms with van der Waals surface area (Å²) >= 11 is 3.10. The van der Waals surface area contributed by atoms with Gasteiger partial charge in [0, 0.05) is 23.2 Å². The Morgan fingerprint density at radius 2 is 2.23 bits per heavy atom. The van der Waals surface area contributed by atoms with Crippen LogP contribution in [0.3, 0.4) is 0 Å². The van der Waals surface area contributed by atoms with Gasteiger partial charge >= 0.3 is 0 Å². The quantitative estimate of drug-likeness (QED) is 0.769. The van der Waals surface area contributed by atoms with Crippen molar-refractivity contribution in [1.29, 1.82) is 0 Å². The van der Waals surface area contributed by atoms with Gasteiger partial charge in [0.1, 0.15) is 11.6 Å². The van der Waals surface area contributed by atoms with Crippen LogP contribution in [-0.2, 0) is 17.1 Å². The van der Waals surface area contributed by atoms with Crippen molar-refractivity contribution in [3.05, 3.63) is 52.0 Å². The average Bonchev–Trinajstić information content (AvgIpc) is 3.00. The first-order valence-electron chi connectivity index (χ1n) is 6.76. The number of methoxy groups -OCH3 is 1. The van der Waals surface area contributed by atoms with E-state index in [1.165, 1.54) is 23.9 Å². The molecule has 1 aromatic heterocycles. The van der Waals surface area contributed by atoms with Crippen LogP contribution in [0.4, 0.5) is 4.39 Å². The Bertz CT molecular complexity index is 617. The topological polar surface area (TPSA) is 29.5 Å². The Hall–Kier alpha value is -1.53. The molecule has 0 aliphatic heterocycles. The second-order valence-corrected chi connectivity index (χ2v) is 6.80. The molecule has 1 aromatic carbocycles. The highest BCUT2D eigenvalue weighted by atomic mass is 32.2. The summed E-state index contributed by atoms with van der Waals surface area (Å²) in [6.45, 7) is 0.625. The van der Waals surface area contributed by atoms with E-state index in [9.17, 15) is 9.18 Å². The summed E-state index contributed by atoms with van der Waals surface area (Å²) in [6.07, 6.45) is 0. The highest BCUT2D eigenvalue weighted by Gasteiger charge is 2.11. The number of benzene rings is 1. The summed E-state index contributed by atoms with van der Waals surface area (Å²) in [5.74, 6) is 1.32. The van der Waals surface area contributed by atoms with E-state index < -0.39 is 0 Å². The maximum absolute atomic E-state index is 13.3. The molecule has 0 fully saturated rings. The molecular formula is C16H18FNO2S2. The minimum atomic E-state index is -0.294. The van der Waals surface area contributed by atoms with Gasteiger partial charge in [-0.1, -0.05) is 6.07 Å². The maximum Gasteiger partial charge on any atom is 0.232 e. The van der Waals surface area contributed by atoms with Gasteiger partial charge in [-0.3, -0.25) is 4.79 Å². The van der Waals surface area contributed by atoms with Crippen molar-refractivity contribution in [2.45, 2.75) is 12.3 Å². The summed E-state index contributed by atoms with van der Waals surface area (Å²) in [5, 5.41) is 2.00. The number of amides is 1. The zero-order valence-electron chi connectivity index (χ0n) is 12.5. The van der Waals surface area contributed by atoms with E-state index in [1.54, 1.807) is 36.5 Å². The molecule has 22 heavy (non-hydrogen) atoms. The molecule has 0 saturated carbocycles. The van der Waals surface area contributed by atoms with E-state index >= 15 is 0 Å². The van der Waals surface area contributed by atoms with Crippen molar-refractivity contribution in [2.75, 3.05) is 19.9 Å². The maximum atomic E-state index is 13.3. The van der Waals surface area contributed by atoms with E-state index in [0.29, 0.717) is 23.8 Å². The van der Waals surface area contributed by atoms with E-state index in [1.807, 2.05) is 17.5 Å². The second kappa shape index (κ2) is 8.19. The number of hydrogen-bond acceptors (Lipinski definition) is 4. The molecule has 0 atom stereocenters. The Labute approximate surface area is 138 Å². The Balaban J connectivity index is 1.83. The van der Waals surface area contributed by atoms with Gasteiger partial charge < -0.3 is 9.64 Å². The lowest BCUT2D eigenvalue weighted by atomic mass is 10.2. The molecule has 0 saturated heterocycles. The molecule has 0 bridgehead atoms. The number of rotatable bonds is 7. The van der Waals surface area contributed by atoms with Crippen molar-refractivity contribution in [3.8, 4) is 5.75 Å². The average molecular weight is 339 g/mol. The fraction of sp³-hybridized carbons (Fsp3) is 0.312. The third-order valence-corrected chi connectivity index (χ3v) is 4.95. The number of ether oxygens (including phenoxy) is 1. The zero-order valence-corrected chi connectivity index (χ0v) is 14.2. The number of carbonyl (C=O) groups excluding carboxylic acids is 1. The van der Waals surface area contributed by atoms with Crippen LogP contribution in [0, 0.1) is 5.82 Å². The van der Waals surface area contributed by atoms with Crippen LogP contribution in [0.5, 0.6) is 5.75 Å². The predicted octanol–water partition coefficient (Wildman–Crippen LogP) is 3.79. The number of nitrogens with zero attached hydrogens (tertiary/aromatic N) is 1. The molecule has 1 heterocycles. The van der Waals surface area contributed by atoms with Gasteiger partial charge in [0.25, 0.3) is 0 Å². The van der Waals surface area contributed by atoms with Gasteiger partial charge in [-0.2, -0.15) is 0 Å². The van der Waals surface area contributed by atoms with Gasteiger partial charge in [0.2, 0.25) is 5.91 Å². The number of thiophene rings is 1. The van der Waals surface area contributed by atoms with Crippen LogP contribution in [-0.4, -0.2) is 30.7 Å². The SMILES string of the molecule is COc1ccc(F)cc1CSCC(=O)N(C)Cc1cccs1. The summed E-state index contributed by atoms with van der Waals surface area (Å²) in [6, 6.07) is 8.41. The summed E-state index contributed by atoms with van der Waals surface area (Å²) in [5.41, 5.74) is 0.765. The summed E-state index contributed by atoms with van der Waals surface area (Å²) in [4.78, 5) is 15.0. The molecule has 0 aliphatic rings. The third kappa shape index (κ3) is 4.74. The van der Waals surface area contributed by atoms with Crippen molar-refractivity contribution in [2.24, 2.45) is 0 Å². The number of halogens is 1. The third-order valence-electron chi connectivity index (χ3n) is 3.12. The van der Waals surface area contributed by atoms with Gasteiger partial charge in [0.15, 0.2) is 0 Å². The lowest BCUT2D eigenvalue weighted by Crippen LogP contribution is -2.27. The normalized spacial score (nSPS) is 10.5. The minimum absolute atomic E-state index is 0.0637. The molecular weight excluding hydrogens is 321 g/mol. The standard InChI is InChI=1S/C16H18FNO2S2/c1-18(9-14-4-3-7-22-14)16(19)11-21-10-12-8-13(17)5-6-15(12)20-2/h3-8H,9-11H2,1-2H3. The first-order chi connectivity index (χ1) is 10.6. The molecule has 2 aromatic rings. The molecule has 2 rings (SSSR count). The Morgan fingerprint density at radius 1 is 1.41 bits per heavy atom. The minimum Gasteiger partial charge on any atom is -0.496 e. The number of hydrogen-bond donors (Lipinski definition) is 0. The summed E-state index contributed by atoms with van der Waals surface area (Å²) < 4.78 is 18.5. The van der Waals surface area contributed by atoms with E-state index in [-0.39, 0.29) is 11.7 Å². The molecule has 0 radical (unpaired) electrons. The van der Waals surface area contributed by atoms with Crippen LogP contribution >= 0.6 is 23.1 Å². The fourth-order valence-corrected chi connectivity index (χ4v) is 3.64. The molecule has 0 N–H and O–H groups in total. The van der Waals surface area contributed by atoms with E-state index in [4.69, 9.17) is 4.74 Å². The smallest absolute Gasteiger partial charge is 0.232 e. The summed E-state index contributed by atoms with van der Waals surface area (Å²) in [7, 11) is 3.35. The van der Waals surface area contributed by atoms with Crippen molar-refractivity contribution >= 4 is 29.0 Å². The number of thioether (sulfide) groups is 1. The zero-order chi connectivity index (χ0) is 15.9. The van der Waals surface area contributed by atoms with Gasteiger partial charge in [-0.15, -0.1) is 23.1 Å². The molecule has 1 amide bonds. The lowest BCUT2D eigenvalue weighted by molar-refractivity contribution is -0.127. The Kier molecular flexibility index (Phi) is 6.27. The first kappa shape index (κ1) is 16.8. The van der Waals surface area contributed by atoms with Gasteiger partial charge in [-0.05, 0) is 29.6 Å². The fourth-order valence-electron chi connectivity index (χ4n) is 1.94. The van der Waals surface area contributed by atoms with Crippen LogP contribution in [0.1, 0.15) is 10.4 Å². The molecule has 118 valence electrons. The van der Waals surface area contributed by atoms with Crippen molar-refractivity contribution < 1.29 is 13.9 Å². The van der Waals surface area contributed by atoms with Crippen LogP contribution in [0.2, 0.25) is 0 Å². The molecule has 0 spiro atoms. The predicted molar refractivity (Wildman–Crippen MR) is 89.9 cm³/mol. The monoisotopic (exact) mass is 339 g/mol. The van der Waals surface area contributed by atoms with Crippen molar-refractivity contribution in [3.63, 3.8) is 0 Å². The molecule has 0 unspecified atom stereocenters. The number of carbonyl (C=O) groups is 1. The van der Waals surface area contributed by atoms with Crippen LogP contribution < -0.4 is 4.74 Å². The lowest BCUT2D eigenvalue weighted by Gasteiger charge is -2.16. The van der Waals surface area contributed by atoms with Gasteiger partial charge in [-0.25, -0.2) is 4.39 Å². The molecule has 3 nitrogen and oxygen atoms in total.